The minimum atomic E-state index is -0.333. The Kier molecular flexibility index (Phi) is 8.04. The van der Waals surface area contributed by atoms with Gasteiger partial charge in [-0.15, -0.1) is 0 Å². The van der Waals surface area contributed by atoms with Crippen LogP contribution in [0.2, 0.25) is 0 Å². The summed E-state index contributed by atoms with van der Waals surface area (Å²) in [6.07, 6.45) is 3.17. The molecule has 0 aromatic heterocycles. The van der Waals surface area contributed by atoms with Crippen LogP contribution in [0.1, 0.15) is 50.4 Å². The number of nitrogens with zero attached hydrogens (tertiary/aromatic N) is 2. The van der Waals surface area contributed by atoms with Crippen LogP contribution in [0.25, 0.3) is 0 Å². The molecule has 5 heteroatoms. The van der Waals surface area contributed by atoms with Gasteiger partial charge < -0.3 is 9.53 Å². The lowest BCUT2D eigenvalue weighted by atomic mass is 9.99. The lowest BCUT2D eigenvalue weighted by Crippen LogP contribution is -2.12. The zero-order chi connectivity index (χ0) is 16.4. The van der Waals surface area contributed by atoms with Gasteiger partial charge in [-0.25, -0.2) is 4.79 Å². The van der Waals surface area contributed by atoms with E-state index in [2.05, 4.69) is 24.1 Å². The van der Waals surface area contributed by atoms with Crippen molar-refractivity contribution >= 4 is 17.9 Å². The Morgan fingerprint density at radius 3 is 2.50 bits per heavy atom. The van der Waals surface area contributed by atoms with Crippen molar-refractivity contribution in [1.82, 2.24) is 0 Å². The van der Waals surface area contributed by atoms with Gasteiger partial charge in [0.05, 0.1) is 23.9 Å². The van der Waals surface area contributed by atoms with Gasteiger partial charge in [0.15, 0.2) is 0 Å². The summed E-state index contributed by atoms with van der Waals surface area (Å²) in [5.41, 5.74) is 1.21. The number of esters is 1. The molecule has 0 amide bonds. The van der Waals surface area contributed by atoms with Crippen molar-refractivity contribution in [3.8, 4) is 0 Å². The fourth-order valence-corrected chi connectivity index (χ4v) is 1.95. The summed E-state index contributed by atoms with van der Waals surface area (Å²) in [6, 6.07) is 6.97. The summed E-state index contributed by atoms with van der Waals surface area (Å²) >= 11 is 0. The second kappa shape index (κ2) is 9.82. The average molecular weight is 304 g/mol. The number of unbranched alkanes of at least 4 members (excludes halogenated alkanes) is 1. The first-order chi connectivity index (χ1) is 10.6. The van der Waals surface area contributed by atoms with E-state index in [1.807, 2.05) is 0 Å². The van der Waals surface area contributed by atoms with E-state index in [1.54, 1.807) is 31.2 Å². The SMILES string of the molecule is CCOC(=O)c1ccc(N=NC(CCCC=O)C(C)C)cc1. The van der Waals surface area contributed by atoms with Crippen LogP contribution in [0.15, 0.2) is 34.5 Å². The van der Waals surface area contributed by atoms with Gasteiger partial charge in [-0.05, 0) is 49.9 Å². The van der Waals surface area contributed by atoms with E-state index >= 15 is 0 Å². The van der Waals surface area contributed by atoms with E-state index in [0.29, 0.717) is 30.2 Å². The molecule has 1 unspecified atom stereocenters. The average Bonchev–Trinajstić information content (AvgIpc) is 2.51. The highest BCUT2D eigenvalue weighted by molar-refractivity contribution is 5.89. The zero-order valence-corrected chi connectivity index (χ0v) is 13.5. The number of carbonyl (C=O) groups is 2. The summed E-state index contributed by atoms with van der Waals surface area (Å²) in [5, 5.41) is 8.61. The van der Waals surface area contributed by atoms with Crippen molar-refractivity contribution in [3.63, 3.8) is 0 Å². The molecular formula is C17H24N2O3. The van der Waals surface area contributed by atoms with E-state index in [9.17, 15) is 9.59 Å². The highest BCUT2D eigenvalue weighted by Crippen LogP contribution is 2.19. The number of azo groups is 1. The van der Waals surface area contributed by atoms with Gasteiger partial charge in [0.1, 0.15) is 6.29 Å². The molecule has 0 saturated carbocycles. The zero-order valence-electron chi connectivity index (χ0n) is 13.5. The largest absolute Gasteiger partial charge is 0.462 e. The molecule has 0 N–H and O–H groups in total. The molecule has 1 aromatic rings. The van der Waals surface area contributed by atoms with Crippen LogP contribution in [0, 0.1) is 5.92 Å². The number of ether oxygens (including phenoxy) is 1. The molecule has 120 valence electrons. The number of rotatable bonds is 9. The molecule has 0 fully saturated rings. The van der Waals surface area contributed by atoms with Crippen molar-refractivity contribution in [2.75, 3.05) is 6.61 Å². The Morgan fingerprint density at radius 2 is 1.95 bits per heavy atom. The molecule has 0 bridgehead atoms. The molecule has 1 rings (SSSR count). The molecule has 22 heavy (non-hydrogen) atoms. The third-order valence-electron chi connectivity index (χ3n) is 3.29. The minimum Gasteiger partial charge on any atom is -0.462 e. The summed E-state index contributed by atoms with van der Waals surface area (Å²) in [4.78, 5) is 21.9. The summed E-state index contributed by atoms with van der Waals surface area (Å²) in [7, 11) is 0. The van der Waals surface area contributed by atoms with Crippen molar-refractivity contribution in [2.24, 2.45) is 16.1 Å². The van der Waals surface area contributed by atoms with E-state index < -0.39 is 0 Å². The maximum Gasteiger partial charge on any atom is 0.338 e. The van der Waals surface area contributed by atoms with Gasteiger partial charge in [-0.1, -0.05) is 13.8 Å². The first-order valence-corrected chi connectivity index (χ1v) is 7.70. The van der Waals surface area contributed by atoms with Crippen LogP contribution in [-0.4, -0.2) is 24.9 Å². The molecule has 0 heterocycles. The number of carbonyl (C=O) groups excluding carboxylic acids is 2. The van der Waals surface area contributed by atoms with Gasteiger partial charge in [0, 0.05) is 6.42 Å². The van der Waals surface area contributed by atoms with Gasteiger partial charge in [-0.3, -0.25) is 0 Å². The first kappa shape index (κ1) is 18.0. The monoisotopic (exact) mass is 304 g/mol. The Balaban J connectivity index is 2.66. The second-order valence-corrected chi connectivity index (χ2v) is 5.39. The molecule has 1 aromatic carbocycles. The maximum atomic E-state index is 11.6. The van der Waals surface area contributed by atoms with Crippen LogP contribution in [0.5, 0.6) is 0 Å². The molecule has 0 saturated heterocycles. The fourth-order valence-electron chi connectivity index (χ4n) is 1.95. The topological polar surface area (TPSA) is 68.1 Å². The summed E-state index contributed by atoms with van der Waals surface area (Å²) < 4.78 is 4.93. The smallest absolute Gasteiger partial charge is 0.338 e. The summed E-state index contributed by atoms with van der Waals surface area (Å²) in [6.45, 7) is 6.32. The molecule has 0 aliphatic heterocycles. The molecular weight excluding hydrogens is 280 g/mol. The Hall–Kier alpha value is -2.04. The van der Waals surface area contributed by atoms with E-state index in [0.717, 1.165) is 19.1 Å². The van der Waals surface area contributed by atoms with Crippen LogP contribution in [0.4, 0.5) is 5.69 Å². The standard InChI is InChI=1S/C17H24N2O3/c1-4-22-17(21)14-8-10-15(11-9-14)18-19-16(13(2)3)7-5-6-12-20/h8-13,16H,4-7H2,1-3H3. The van der Waals surface area contributed by atoms with E-state index in [4.69, 9.17) is 4.74 Å². The Bertz CT molecular complexity index is 495. The van der Waals surface area contributed by atoms with Gasteiger partial charge in [-0.2, -0.15) is 10.2 Å². The number of hydrogen-bond donors (Lipinski definition) is 0. The molecule has 1 atom stereocenters. The lowest BCUT2D eigenvalue weighted by Gasteiger charge is -2.14. The van der Waals surface area contributed by atoms with Crippen LogP contribution in [0.3, 0.4) is 0 Å². The third kappa shape index (κ3) is 6.16. The third-order valence-corrected chi connectivity index (χ3v) is 3.29. The number of benzene rings is 1. The maximum absolute atomic E-state index is 11.6. The highest BCUT2D eigenvalue weighted by Gasteiger charge is 2.12. The van der Waals surface area contributed by atoms with Gasteiger partial charge in [0.2, 0.25) is 0 Å². The number of aldehydes is 1. The van der Waals surface area contributed by atoms with Crippen LogP contribution < -0.4 is 0 Å². The second-order valence-electron chi connectivity index (χ2n) is 5.39. The van der Waals surface area contributed by atoms with Crippen LogP contribution in [-0.2, 0) is 9.53 Å². The quantitative estimate of drug-likeness (QED) is 0.295. The van der Waals surface area contributed by atoms with E-state index in [-0.39, 0.29) is 12.0 Å². The molecule has 5 nitrogen and oxygen atoms in total. The first-order valence-electron chi connectivity index (χ1n) is 7.70. The molecule has 0 aliphatic rings. The Labute approximate surface area is 131 Å². The lowest BCUT2D eigenvalue weighted by molar-refractivity contribution is -0.107. The van der Waals surface area contributed by atoms with Crippen molar-refractivity contribution in [1.29, 1.82) is 0 Å². The van der Waals surface area contributed by atoms with E-state index in [1.165, 1.54) is 0 Å². The van der Waals surface area contributed by atoms with Gasteiger partial charge >= 0.3 is 5.97 Å². The number of hydrogen-bond acceptors (Lipinski definition) is 5. The predicted molar refractivity (Wildman–Crippen MR) is 85.5 cm³/mol. The Morgan fingerprint density at radius 1 is 1.27 bits per heavy atom. The van der Waals surface area contributed by atoms with Crippen molar-refractivity contribution < 1.29 is 14.3 Å². The fraction of sp³-hybridized carbons (Fsp3) is 0.529. The van der Waals surface area contributed by atoms with Crippen molar-refractivity contribution in [2.45, 2.75) is 46.1 Å². The predicted octanol–water partition coefficient (Wildman–Crippen LogP) is 4.34. The molecule has 0 spiro atoms. The molecule has 0 aliphatic carbocycles. The van der Waals surface area contributed by atoms with Crippen LogP contribution >= 0.6 is 0 Å². The van der Waals surface area contributed by atoms with Crippen molar-refractivity contribution in [3.05, 3.63) is 29.8 Å². The minimum absolute atomic E-state index is 0.102. The summed E-state index contributed by atoms with van der Waals surface area (Å²) in [5.74, 6) is 0.0362. The van der Waals surface area contributed by atoms with Gasteiger partial charge in [0.25, 0.3) is 0 Å². The normalized spacial score (nSPS) is 12.5. The highest BCUT2D eigenvalue weighted by atomic mass is 16.5. The molecule has 0 radical (unpaired) electrons.